The Morgan fingerprint density at radius 3 is 2.04 bits per heavy atom. The van der Waals surface area contributed by atoms with Gasteiger partial charge >= 0.3 is 6.03 Å². The second-order valence-corrected chi connectivity index (χ2v) is 7.38. The average molecular weight is 324 g/mol. The molecule has 2 aliphatic carbocycles. The first-order valence-electron chi connectivity index (χ1n) is 9.61. The number of urea groups is 1. The average Bonchev–Trinajstić information content (AvgIpc) is 2.50. The van der Waals surface area contributed by atoms with E-state index in [1.807, 2.05) is 6.92 Å². The molecule has 0 bridgehead atoms. The quantitative estimate of drug-likeness (QED) is 0.741. The van der Waals surface area contributed by atoms with Crippen molar-refractivity contribution < 1.29 is 14.9 Å². The van der Waals surface area contributed by atoms with Crippen LogP contribution >= 0.6 is 0 Å². The maximum Gasteiger partial charge on any atom is 0.321 e. The van der Waals surface area contributed by atoms with Crippen molar-refractivity contribution >= 4 is 11.9 Å². The molecule has 23 heavy (non-hydrogen) atoms. The molecule has 3 amide bonds. The molecule has 4 N–H and O–H groups in total. The Bertz CT molecular complexity index is 372. The van der Waals surface area contributed by atoms with E-state index >= 15 is 0 Å². The number of imide groups is 1. The molecule has 5 nitrogen and oxygen atoms in total. The first kappa shape index (κ1) is 18.2. The lowest BCUT2D eigenvalue weighted by atomic mass is 9.96. The van der Waals surface area contributed by atoms with Gasteiger partial charge in [0.2, 0.25) is 0 Å². The zero-order valence-electron chi connectivity index (χ0n) is 14.6. The van der Waals surface area contributed by atoms with Crippen LogP contribution in [-0.4, -0.2) is 30.1 Å². The van der Waals surface area contributed by atoms with Gasteiger partial charge in [-0.25, -0.2) is 4.79 Å². The number of nitrogens with one attached hydrogen (secondary N) is 2. The Labute approximate surface area is 140 Å². The van der Waals surface area contributed by atoms with E-state index in [1.165, 1.54) is 64.2 Å². The van der Waals surface area contributed by atoms with Crippen molar-refractivity contribution in [3.05, 3.63) is 0 Å². The number of carbonyl (C=O) groups is 2. The largest absolute Gasteiger partial charge is 0.335 e. The highest BCUT2D eigenvalue weighted by molar-refractivity contribution is 5.96. The summed E-state index contributed by atoms with van der Waals surface area (Å²) < 4.78 is 0. The van der Waals surface area contributed by atoms with Crippen LogP contribution < -0.4 is 16.0 Å². The first-order chi connectivity index (χ1) is 11.1. The number of hydrogen-bond donors (Lipinski definition) is 3. The molecule has 0 heterocycles. The predicted molar refractivity (Wildman–Crippen MR) is 91.0 cm³/mol. The Hall–Kier alpha value is -1.10. The third kappa shape index (κ3) is 6.90. The van der Waals surface area contributed by atoms with E-state index in [1.54, 1.807) is 0 Å². The summed E-state index contributed by atoms with van der Waals surface area (Å²) in [5, 5.41) is 7.63. The van der Waals surface area contributed by atoms with Crippen LogP contribution in [0.2, 0.25) is 0 Å². The fourth-order valence-electron chi connectivity index (χ4n) is 3.87. The number of quaternary nitrogens is 1. The van der Waals surface area contributed by atoms with Gasteiger partial charge in [-0.3, -0.25) is 10.1 Å². The summed E-state index contributed by atoms with van der Waals surface area (Å²) in [7, 11) is 0. The Morgan fingerprint density at radius 2 is 1.39 bits per heavy atom. The smallest absolute Gasteiger partial charge is 0.321 e. The SMILES string of the molecule is C[C@H]([NH2+]C1CCCCCCC1)C(=O)NC(=O)NC1CCCCC1. The highest BCUT2D eigenvalue weighted by Gasteiger charge is 2.24. The molecule has 0 unspecified atom stereocenters. The van der Waals surface area contributed by atoms with Gasteiger partial charge in [-0.15, -0.1) is 0 Å². The molecule has 5 heteroatoms. The number of carbonyl (C=O) groups excluding carboxylic acids is 2. The molecule has 0 spiro atoms. The maximum absolute atomic E-state index is 12.2. The van der Waals surface area contributed by atoms with Crippen LogP contribution in [0.4, 0.5) is 4.79 Å². The molecule has 0 aromatic rings. The maximum atomic E-state index is 12.2. The van der Waals surface area contributed by atoms with Crippen molar-refractivity contribution in [1.29, 1.82) is 0 Å². The summed E-state index contributed by atoms with van der Waals surface area (Å²) in [6, 6.07) is 0.246. The van der Waals surface area contributed by atoms with Gasteiger partial charge in [0, 0.05) is 6.04 Å². The fraction of sp³-hybridized carbons (Fsp3) is 0.889. The fourth-order valence-corrected chi connectivity index (χ4v) is 3.87. The molecule has 132 valence electrons. The third-order valence-corrected chi connectivity index (χ3v) is 5.30. The van der Waals surface area contributed by atoms with E-state index in [-0.39, 0.29) is 24.0 Å². The summed E-state index contributed by atoms with van der Waals surface area (Å²) >= 11 is 0. The molecule has 0 saturated heterocycles. The summed E-state index contributed by atoms with van der Waals surface area (Å²) in [4.78, 5) is 24.2. The van der Waals surface area contributed by atoms with Crippen LogP contribution in [0, 0.1) is 0 Å². The molecule has 2 saturated carbocycles. The van der Waals surface area contributed by atoms with Gasteiger partial charge in [-0.05, 0) is 45.4 Å². The van der Waals surface area contributed by atoms with Crippen LogP contribution in [0.3, 0.4) is 0 Å². The Morgan fingerprint density at radius 1 is 0.870 bits per heavy atom. The lowest BCUT2D eigenvalue weighted by molar-refractivity contribution is -0.708. The predicted octanol–water partition coefficient (Wildman–Crippen LogP) is 2.21. The third-order valence-electron chi connectivity index (χ3n) is 5.30. The van der Waals surface area contributed by atoms with Crippen LogP contribution in [-0.2, 0) is 4.79 Å². The minimum Gasteiger partial charge on any atom is -0.335 e. The molecular formula is C18H34N3O2+. The molecule has 2 rings (SSSR count). The molecular weight excluding hydrogens is 290 g/mol. The van der Waals surface area contributed by atoms with Gasteiger partial charge < -0.3 is 10.6 Å². The van der Waals surface area contributed by atoms with E-state index < -0.39 is 0 Å². The van der Waals surface area contributed by atoms with Crippen molar-refractivity contribution in [2.75, 3.05) is 0 Å². The molecule has 2 aliphatic rings. The first-order valence-corrected chi connectivity index (χ1v) is 9.61. The minimum atomic E-state index is -0.320. The normalized spacial score (nSPS) is 22.7. The molecule has 0 radical (unpaired) electrons. The van der Waals surface area contributed by atoms with Crippen molar-refractivity contribution in [2.45, 2.75) is 102 Å². The number of nitrogens with two attached hydrogens (primary N) is 1. The van der Waals surface area contributed by atoms with Gasteiger partial charge in [-0.2, -0.15) is 0 Å². The standard InChI is InChI=1S/C18H33N3O2/c1-14(19-15-10-6-3-2-4-7-11-15)17(22)21-18(23)20-16-12-8-5-9-13-16/h14-16,19H,2-13H2,1H3,(H2,20,21,22,23)/p+1/t14-/m0/s1. The Balaban J connectivity index is 1.69. The number of amides is 3. The van der Waals surface area contributed by atoms with E-state index in [9.17, 15) is 9.59 Å². The van der Waals surface area contributed by atoms with Crippen LogP contribution in [0.25, 0.3) is 0 Å². The number of rotatable bonds is 4. The van der Waals surface area contributed by atoms with E-state index in [4.69, 9.17) is 0 Å². The zero-order valence-corrected chi connectivity index (χ0v) is 14.6. The molecule has 1 atom stereocenters. The van der Waals surface area contributed by atoms with E-state index in [0.29, 0.717) is 6.04 Å². The Kier molecular flexibility index (Phi) is 7.86. The van der Waals surface area contributed by atoms with Gasteiger partial charge in [0.15, 0.2) is 6.04 Å². The van der Waals surface area contributed by atoms with Crippen molar-refractivity contribution in [2.24, 2.45) is 0 Å². The summed E-state index contributed by atoms with van der Waals surface area (Å²) in [5.74, 6) is -0.166. The lowest BCUT2D eigenvalue weighted by Crippen LogP contribution is -2.96. The topological polar surface area (TPSA) is 74.8 Å². The molecule has 0 aliphatic heterocycles. The number of hydrogen-bond acceptors (Lipinski definition) is 2. The van der Waals surface area contributed by atoms with E-state index in [2.05, 4.69) is 16.0 Å². The van der Waals surface area contributed by atoms with Gasteiger partial charge in [0.25, 0.3) is 5.91 Å². The van der Waals surface area contributed by atoms with Crippen molar-refractivity contribution in [3.63, 3.8) is 0 Å². The van der Waals surface area contributed by atoms with Crippen LogP contribution in [0.15, 0.2) is 0 Å². The second kappa shape index (κ2) is 9.91. The van der Waals surface area contributed by atoms with Crippen molar-refractivity contribution in [3.8, 4) is 0 Å². The lowest BCUT2D eigenvalue weighted by Gasteiger charge is -2.24. The van der Waals surface area contributed by atoms with Crippen molar-refractivity contribution in [1.82, 2.24) is 10.6 Å². The minimum absolute atomic E-state index is 0.166. The highest BCUT2D eigenvalue weighted by atomic mass is 16.2. The second-order valence-electron chi connectivity index (χ2n) is 7.38. The summed E-state index contributed by atoms with van der Waals surface area (Å²) in [6.07, 6.45) is 14.5. The summed E-state index contributed by atoms with van der Waals surface area (Å²) in [5.41, 5.74) is 0. The van der Waals surface area contributed by atoms with Gasteiger partial charge in [0.1, 0.15) is 0 Å². The molecule has 0 aromatic carbocycles. The summed E-state index contributed by atoms with van der Waals surface area (Å²) in [6.45, 7) is 1.90. The zero-order chi connectivity index (χ0) is 16.5. The highest BCUT2D eigenvalue weighted by Crippen LogP contribution is 2.17. The van der Waals surface area contributed by atoms with Gasteiger partial charge in [0.05, 0.1) is 6.04 Å². The van der Waals surface area contributed by atoms with Crippen LogP contribution in [0.1, 0.15) is 84.0 Å². The monoisotopic (exact) mass is 324 g/mol. The molecule has 2 fully saturated rings. The van der Waals surface area contributed by atoms with E-state index in [0.717, 1.165) is 12.8 Å². The van der Waals surface area contributed by atoms with Crippen LogP contribution in [0.5, 0.6) is 0 Å². The molecule has 0 aromatic heterocycles. The van der Waals surface area contributed by atoms with Gasteiger partial charge in [-0.1, -0.05) is 38.5 Å².